The van der Waals surface area contributed by atoms with Crippen LogP contribution in [-0.2, 0) is 11.2 Å². The third-order valence-corrected chi connectivity index (χ3v) is 5.34. The van der Waals surface area contributed by atoms with Gasteiger partial charge in [-0.2, -0.15) is 0 Å². The first-order chi connectivity index (χ1) is 12.1. The Labute approximate surface area is 156 Å². The maximum absolute atomic E-state index is 12.9. The highest BCUT2D eigenvalue weighted by atomic mass is 35.5. The second kappa shape index (κ2) is 6.87. The largest absolute Gasteiger partial charge is 0.493 e. The summed E-state index contributed by atoms with van der Waals surface area (Å²) in [5, 5.41) is 0.999. The van der Waals surface area contributed by atoms with Crippen LogP contribution in [0.2, 0.25) is 10.0 Å². The molecular weight excluding hydrogens is 361 g/mol. The quantitative estimate of drug-likeness (QED) is 0.789. The Morgan fingerprint density at radius 2 is 1.96 bits per heavy atom. The zero-order valence-corrected chi connectivity index (χ0v) is 15.0. The first-order valence-corrected chi connectivity index (χ1v) is 8.99. The summed E-state index contributed by atoms with van der Waals surface area (Å²) in [6, 6.07) is 11.1. The average molecular weight is 378 g/mol. The summed E-state index contributed by atoms with van der Waals surface area (Å²) in [5.41, 5.74) is 2.72. The summed E-state index contributed by atoms with van der Waals surface area (Å²) in [6.07, 6.45) is 0.649. The molecule has 2 aliphatic heterocycles. The average Bonchev–Trinajstić information content (AvgIpc) is 3.11. The molecule has 0 aromatic heterocycles. The minimum Gasteiger partial charge on any atom is -0.493 e. The van der Waals surface area contributed by atoms with Crippen molar-refractivity contribution in [1.82, 2.24) is 4.90 Å². The van der Waals surface area contributed by atoms with Crippen LogP contribution in [0.5, 0.6) is 5.75 Å². The Bertz CT molecular complexity index is 824. The van der Waals surface area contributed by atoms with Crippen molar-refractivity contribution in [2.24, 2.45) is 0 Å². The predicted octanol–water partition coefficient (Wildman–Crippen LogP) is 4.14. The van der Waals surface area contributed by atoms with Gasteiger partial charge in [-0.05, 0) is 41.5 Å². The molecule has 0 bridgehead atoms. The predicted molar refractivity (Wildman–Crippen MR) is 96.7 cm³/mol. The summed E-state index contributed by atoms with van der Waals surface area (Å²) in [6.45, 7) is 2.24. The zero-order chi connectivity index (χ0) is 17.4. The van der Waals surface area contributed by atoms with Crippen LogP contribution in [0.15, 0.2) is 36.4 Å². The van der Waals surface area contributed by atoms with Crippen LogP contribution in [0.3, 0.4) is 0 Å². The van der Waals surface area contributed by atoms with E-state index in [1.165, 1.54) is 0 Å². The van der Waals surface area contributed by atoms with Crippen LogP contribution < -0.4 is 4.74 Å². The van der Waals surface area contributed by atoms with Crippen LogP contribution in [0.25, 0.3) is 0 Å². The molecular formula is C19H17Cl2NO3. The molecule has 2 aromatic carbocycles. The van der Waals surface area contributed by atoms with Gasteiger partial charge in [0, 0.05) is 18.5 Å². The fourth-order valence-electron chi connectivity index (χ4n) is 3.25. The van der Waals surface area contributed by atoms with Gasteiger partial charge in [0.05, 0.1) is 29.8 Å². The van der Waals surface area contributed by atoms with E-state index in [-0.39, 0.29) is 12.0 Å². The van der Waals surface area contributed by atoms with Crippen LogP contribution in [0.1, 0.15) is 27.6 Å². The first kappa shape index (κ1) is 16.7. The van der Waals surface area contributed by atoms with E-state index in [0.717, 1.165) is 23.3 Å². The number of nitrogens with zero attached hydrogens (tertiary/aromatic N) is 1. The molecule has 2 aromatic rings. The van der Waals surface area contributed by atoms with E-state index in [4.69, 9.17) is 32.7 Å². The van der Waals surface area contributed by atoms with Crippen molar-refractivity contribution in [2.75, 3.05) is 26.3 Å². The number of hydrogen-bond acceptors (Lipinski definition) is 3. The monoisotopic (exact) mass is 377 g/mol. The first-order valence-electron chi connectivity index (χ1n) is 8.23. The highest BCUT2D eigenvalue weighted by molar-refractivity contribution is 6.42. The molecule has 1 fully saturated rings. The van der Waals surface area contributed by atoms with E-state index in [2.05, 4.69) is 0 Å². The smallest absolute Gasteiger partial charge is 0.254 e. The number of carbonyl (C=O) groups excluding carboxylic acids is 1. The van der Waals surface area contributed by atoms with Crippen LogP contribution in [0.4, 0.5) is 0 Å². The third-order valence-electron chi connectivity index (χ3n) is 4.61. The van der Waals surface area contributed by atoms with Gasteiger partial charge in [-0.15, -0.1) is 0 Å². The number of hydrogen-bond donors (Lipinski definition) is 0. The van der Waals surface area contributed by atoms with E-state index in [1.807, 2.05) is 29.2 Å². The molecule has 25 heavy (non-hydrogen) atoms. The van der Waals surface area contributed by atoms with E-state index in [0.29, 0.717) is 41.9 Å². The molecule has 0 N–H and O–H groups in total. The normalized spacial score (nSPS) is 19.4. The molecule has 0 aliphatic carbocycles. The lowest BCUT2D eigenvalue weighted by atomic mass is 10.1. The van der Waals surface area contributed by atoms with Gasteiger partial charge in [-0.3, -0.25) is 4.79 Å². The van der Waals surface area contributed by atoms with Gasteiger partial charge in [-0.25, -0.2) is 0 Å². The SMILES string of the molecule is O=C(c1ccc2c(c1)CCO2)N1CCOC(c2ccc(Cl)c(Cl)c2)C1. The van der Waals surface area contributed by atoms with Gasteiger partial charge in [0.15, 0.2) is 0 Å². The van der Waals surface area contributed by atoms with E-state index in [1.54, 1.807) is 12.1 Å². The maximum atomic E-state index is 12.9. The van der Waals surface area contributed by atoms with E-state index >= 15 is 0 Å². The standard InChI is InChI=1S/C19H17Cl2NO3/c20-15-3-1-12(10-16(15)21)18-11-22(6-8-25-18)19(23)14-2-4-17-13(9-14)5-7-24-17/h1-4,9-10,18H,5-8,11H2. The minimum absolute atomic E-state index is 0.0167. The van der Waals surface area contributed by atoms with Crippen molar-refractivity contribution < 1.29 is 14.3 Å². The topological polar surface area (TPSA) is 38.8 Å². The Kier molecular flexibility index (Phi) is 4.59. The van der Waals surface area contributed by atoms with Gasteiger partial charge in [0.25, 0.3) is 5.91 Å². The van der Waals surface area contributed by atoms with E-state index < -0.39 is 0 Å². The maximum Gasteiger partial charge on any atom is 0.254 e. The highest BCUT2D eigenvalue weighted by Crippen LogP contribution is 2.30. The lowest BCUT2D eigenvalue weighted by Gasteiger charge is -2.33. The Morgan fingerprint density at radius 3 is 2.80 bits per heavy atom. The third kappa shape index (κ3) is 3.34. The molecule has 1 saturated heterocycles. The van der Waals surface area contributed by atoms with Gasteiger partial charge < -0.3 is 14.4 Å². The van der Waals surface area contributed by atoms with Crippen LogP contribution in [-0.4, -0.2) is 37.1 Å². The summed E-state index contributed by atoms with van der Waals surface area (Å²) in [5.74, 6) is 0.898. The zero-order valence-electron chi connectivity index (χ0n) is 13.5. The lowest BCUT2D eigenvalue weighted by Crippen LogP contribution is -2.42. The summed E-state index contributed by atoms with van der Waals surface area (Å²) < 4.78 is 11.3. The Hall–Kier alpha value is -1.75. The van der Waals surface area contributed by atoms with Crippen molar-refractivity contribution in [3.8, 4) is 5.75 Å². The van der Waals surface area contributed by atoms with Gasteiger partial charge in [0.1, 0.15) is 11.9 Å². The minimum atomic E-state index is -0.203. The summed E-state index contributed by atoms with van der Waals surface area (Å²) in [4.78, 5) is 14.7. The van der Waals surface area contributed by atoms with Crippen molar-refractivity contribution >= 4 is 29.1 Å². The van der Waals surface area contributed by atoms with Crippen molar-refractivity contribution in [3.05, 3.63) is 63.1 Å². The molecule has 1 unspecified atom stereocenters. The molecule has 0 saturated carbocycles. The summed E-state index contributed by atoms with van der Waals surface area (Å²) in [7, 11) is 0. The molecule has 2 heterocycles. The second-order valence-corrected chi connectivity index (χ2v) is 7.02. The molecule has 4 rings (SSSR count). The number of benzene rings is 2. The fourth-order valence-corrected chi connectivity index (χ4v) is 3.56. The molecule has 0 spiro atoms. The number of amides is 1. The number of ether oxygens (including phenoxy) is 2. The number of halogens is 2. The van der Waals surface area contributed by atoms with Crippen LogP contribution >= 0.6 is 23.2 Å². The molecule has 4 nitrogen and oxygen atoms in total. The lowest BCUT2D eigenvalue weighted by molar-refractivity contribution is -0.0228. The number of rotatable bonds is 2. The van der Waals surface area contributed by atoms with E-state index in [9.17, 15) is 4.79 Å². The molecule has 2 aliphatic rings. The molecule has 6 heteroatoms. The molecule has 0 radical (unpaired) electrons. The molecule has 1 amide bonds. The highest BCUT2D eigenvalue weighted by Gasteiger charge is 2.27. The van der Waals surface area contributed by atoms with Crippen molar-refractivity contribution in [3.63, 3.8) is 0 Å². The van der Waals surface area contributed by atoms with Gasteiger partial charge >= 0.3 is 0 Å². The van der Waals surface area contributed by atoms with Crippen molar-refractivity contribution in [1.29, 1.82) is 0 Å². The van der Waals surface area contributed by atoms with Gasteiger partial charge in [0.2, 0.25) is 0 Å². The number of fused-ring (bicyclic) bond motifs is 1. The second-order valence-electron chi connectivity index (χ2n) is 6.21. The fraction of sp³-hybridized carbons (Fsp3) is 0.316. The van der Waals surface area contributed by atoms with Crippen molar-refractivity contribution in [2.45, 2.75) is 12.5 Å². The van der Waals surface area contributed by atoms with Gasteiger partial charge in [-0.1, -0.05) is 29.3 Å². The summed E-state index contributed by atoms with van der Waals surface area (Å²) >= 11 is 12.1. The van der Waals surface area contributed by atoms with Crippen LogP contribution in [0, 0.1) is 0 Å². The Morgan fingerprint density at radius 1 is 1.08 bits per heavy atom. The number of carbonyl (C=O) groups is 1. The number of morpholine rings is 1. The molecule has 1 atom stereocenters. The Balaban J connectivity index is 1.52. The molecule has 130 valence electrons.